The van der Waals surface area contributed by atoms with Crippen molar-refractivity contribution in [2.24, 2.45) is 0 Å². The van der Waals surface area contributed by atoms with E-state index in [-0.39, 0.29) is 18.9 Å². The van der Waals surface area contributed by atoms with E-state index in [0.29, 0.717) is 0 Å². The first-order valence-corrected chi connectivity index (χ1v) is 2.70. The van der Waals surface area contributed by atoms with Crippen LogP contribution in [0, 0.1) is 0 Å². The maximum absolute atomic E-state index is 9.47. The molecule has 0 bridgehead atoms. The summed E-state index contributed by atoms with van der Waals surface area (Å²) in [5.74, 6) is 0. The van der Waals surface area contributed by atoms with Crippen LogP contribution in [0.2, 0.25) is 0 Å². The van der Waals surface area contributed by atoms with Gasteiger partial charge in [-0.3, -0.25) is 4.52 Å². The molecule has 0 saturated carbocycles. The summed E-state index contributed by atoms with van der Waals surface area (Å²) in [6.45, 7) is 0. The Morgan fingerprint density at radius 3 is 1.71 bits per heavy atom. The summed E-state index contributed by atoms with van der Waals surface area (Å²) in [7, 11) is -3.20. The average molecular weight is 120 g/mol. The number of rotatable bonds is 1. The van der Waals surface area contributed by atoms with E-state index in [9.17, 15) is 4.57 Å². The Hall–Kier alpha value is 0.707. The van der Waals surface area contributed by atoms with Crippen molar-refractivity contribution < 1.29 is 18.9 Å². The van der Waals surface area contributed by atoms with Crippen molar-refractivity contribution >= 4 is 26.7 Å². The van der Waals surface area contributed by atoms with Gasteiger partial charge in [0.15, 0.2) is 0 Å². The van der Waals surface area contributed by atoms with E-state index >= 15 is 0 Å². The van der Waals surface area contributed by atoms with Crippen molar-refractivity contribution in [1.82, 2.24) is 0 Å². The van der Waals surface area contributed by atoms with Crippen LogP contribution in [0.25, 0.3) is 0 Å². The maximum atomic E-state index is 9.47. The normalized spacial score (nSPS) is 10.1. The molecule has 2 N–H and O–H groups in total. The van der Waals surface area contributed by atoms with Gasteiger partial charge < -0.3 is 9.79 Å². The van der Waals surface area contributed by atoms with Crippen LogP contribution in [-0.4, -0.2) is 35.8 Å². The molecular formula is CH6LiO4P. The molecular weight excluding hydrogens is 114 g/mol. The van der Waals surface area contributed by atoms with Crippen LogP contribution in [-0.2, 0) is 9.09 Å². The molecule has 0 aliphatic heterocycles. The van der Waals surface area contributed by atoms with Crippen LogP contribution in [0.15, 0.2) is 0 Å². The molecule has 0 aromatic rings. The van der Waals surface area contributed by atoms with Gasteiger partial charge >= 0.3 is 26.7 Å². The molecule has 0 saturated heterocycles. The average Bonchev–Trinajstić information content (AvgIpc) is 1.35. The molecule has 4 nitrogen and oxygen atoms in total. The molecule has 0 unspecified atom stereocenters. The number of hydrogen-bond donors (Lipinski definition) is 2. The third kappa shape index (κ3) is 10.8. The number of phosphoric acid groups is 1. The summed E-state index contributed by atoms with van der Waals surface area (Å²) in [6.07, 6.45) is 0. The fourth-order valence-corrected chi connectivity index (χ4v) is 0. The van der Waals surface area contributed by atoms with Gasteiger partial charge in [-0.1, -0.05) is 0 Å². The molecule has 0 atom stereocenters. The van der Waals surface area contributed by atoms with Gasteiger partial charge in [-0.25, -0.2) is 4.57 Å². The zero-order valence-electron chi connectivity index (χ0n) is 3.16. The molecule has 7 heavy (non-hydrogen) atoms. The Kier molecular flexibility index (Phi) is 5.59. The van der Waals surface area contributed by atoms with E-state index in [2.05, 4.69) is 4.52 Å². The molecule has 0 aliphatic rings. The molecule has 0 rings (SSSR count). The molecule has 0 radical (unpaired) electrons. The Labute approximate surface area is 53.3 Å². The van der Waals surface area contributed by atoms with Crippen molar-refractivity contribution in [3.8, 4) is 0 Å². The van der Waals surface area contributed by atoms with E-state index in [0.717, 1.165) is 7.11 Å². The zero-order valence-corrected chi connectivity index (χ0v) is 4.05. The van der Waals surface area contributed by atoms with Gasteiger partial charge in [0.25, 0.3) is 0 Å². The standard InChI is InChI=1S/CH5O4P.Li.H/c1-5-6(2,3)4;;/h1H3,(H2,2,3,4);;. The molecule has 6 heteroatoms. The third-order valence-corrected chi connectivity index (χ3v) is 0.714. The summed E-state index contributed by atoms with van der Waals surface area (Å²) in [5.41, 5.74) is 0. The van der Waals surface area contributed by atoms with Gasteiger partial charge in [-0.2, -0.15) is 0 Å². The Morgan fingerprint density at radius 2 is 1.71 bits per heavy atom. The number of hydrogen-bond acceptors (Lipinski definition) is 2. The molecule has 0 aliphatic carbocycles. The van der Waals surface area contributed by atoms with E-state index < -0.39 is 7.82 Å². The second-order valence-electron chi connectivity index (χ2n) is 0.673. The third-order valence-electron chi connectivity index (χ3n) is 0.238. The van der Waals surface area contributed by atoms with Crippen LogP contribution in [0.4, 0.5) is 0 Å². The summed E-state index contributed by atoms with van der Waals surface area (Å²) in [4.78, 5) is 15.4. The number of phosphoric ester groups is 1. The first-order chi connectivity index (χ1) is 2.56. The topological polar surface area (TPSA) is 66.8 Å². The van der Waals surface area contributed by atoms with Crippen LogP contribution in [0.5, 0.6) is 0 Å². The second-order valence-corrected chi connectivity index (χ2v) is 2.02. The minimum atomic E-state index is -4.15. The Bertz CT molecular complexity index is 75.8. The van der Waals surface area contributed by atoms with Crippen LogP contribution in [0.1, 0.15) is 0 Å². The first kappa shape index (κ1) is 10.6. The summed E-state index contributed by atoms with van der Waals surface area (Å²) in [6, 6.07) is 0. The van der Waals surface area contributed by atoms with Gasteiger partial charge in [0.2, 0.25) is 0 Å². The first-order valence-electron chi connectivity index (χ1n) is 1.17. The molecule has 0 aromatic carbocycles. The van der Waals surface area contributed by atoms with Crippen molar-refractivity contribution in [3.05, 3.63) is 0 Å². The fourth-order valence-electron chi connectivity index (χ4n) is 0. The van der Waals surface area contributed by atoms with Gasteiger partial charge in [-0.05, 0) is 0 Å². The quantitative estimate of drug-likeness (QED) is 0.346. The van der Waals surface area contributed by atoms with Gasteiger partial charge in [-0.15, -0.1) is 0 Å². The SMILES string of the molecule is COP(=O)(O)O.[LiH]. The predicted molar refractivity (Wildman–Crippen MR) is 26.2 cm³/mol. The van der Waals surface area contributed by atoms with E-state index in [4.69, 9.17) is 9.79 Å². The van der Waals surface area contributed by atoms with E-state index in [1.54, 1.807) is 0 Å². The predicted octanol–water partition coefficient (Wildman–Crippen LogP) is -0.923. The second kappa shape index (κ2) is 3.68. The van der Waals surface area contributed by atoms with Crippen molar-refractivity contribution in [1.29, 1.82) is 0 Å². The van der Waals surface area contributed by atoms with Crippen LogP contribution in [0.3, 0.4) is 0 Å². The van der Waals surface area contributed by atoms with Gasteiger partial charge in [0, 0.05) is 7.11 Å². The molecule has 0 aromatic heterocycles. The van der Waals surface area contributed by atoms with E-state index in [1.807, 2.05) is 0 Å². The Morgan fingerprint density at radius 1 is 1.57 bits per heavy atom. The van der Waals surface area contributed by atoms with Crippen LogP contribution >= 0.6 is 7.82 Å². The summed E-state index contributed by atoms with van der Waals surface area (Å²) in [5, 5.41) is 0. The van der Waals surface area contributed by atoms with Crippen molar-refractivity contribution in [2.75, 3.05) is 7.11 Å². The molecule has 0 amide bonds. The van der Waals surface area contributed by atoms with Crippen molar-refractivity contribution in [3.63, 3.8) is 0 Å². The zero-order chi connectivity index (χ0) is 5.21. The van der Waals surface area contributed by atoms with Gasteiger partial charge in [0.1, 0.15) is 0 Å². The van der Waals surface area contributed by atoms with Crippen molar-refractivity contribution in [2.45, 2.75) is 0 Å². The summed E-state index contributed by atoms with van der Waals surface area (Å²) < 4.78 is 13.1. The fraction of sp³-hybridized carbons (Fsp3) is 1.00. The molecule has 0 fully saturated rings. The monoisotopic (exact) mass is 120 g/mol. The molecule has 40 valence electrons. The molecule has 0 heterocycles. The molecule has 0 spiro atoms. The Balaban J connectivity index is 0. The van der Waals surface area contributed by atoms with E-state index in [1.165, 1.54) is 0 Å². The van der Waals surface area contributed by atoms with Gasteiger partial charge in [0.05, 0.1) is 0 Å². The van der Waals surface area contributed by atoms with Crippen LogP contribution < -0.4 is 0 Å². The summed E-state index contributed by atoms with van der Waals surface area (Å²) >= 11 is 0. The minimum absolute atomic E-state index is 0.